The highest BCUT2D eigenvalue weighted by molar-refractivity contribution is 5.43. The van der Waals surface area contributed by atoms with Crippen LogP contribution in [0.4, 0.5) is 5.82 Å². The fourth-order valence-corrected chi connectivity index (χ4v) is 2.80. The number of hydrogen-bond donors (Lipinski definition) is 1. The van der Waals surface area contributed by atoms with Crippen LogP contribution in [-0.4, -0.2) is 28.2 Å². The van der Waals surface area contributed by atoms with Crippen molar-refractivity contribution in [2.24, 2.45) is 11.7 Å². The first-order chi connectivity index (χ1) is 8.64. The van der Waals surface area contributed by atoms with Crippen LogP contribution in [0.25, 0.3) is 0 Å². The maximum Gasteiger partial charge on any atom is 0.293 e. The van der Waals surface area contributed by atoms with Gasteiger partial charge in [0.2, 0.25) is 0 Å². The monoisotopic (exact) mass is 248 g/mol. The molecule has 0 bridgehead atoms. The molecule has 18 heavy (non-hydrogen) atoms. The Morgan fingerprint density at radius 3 is 2.83 bits per heavy atom. The number of aromatic nitrogens is 2. The molecule has 1 aromatic heterocycles. The van der Waals surface area contributed by atoms with Gasteiger partial charge >= 0.3 is 0 Å². The van der Waals surface area contributed by atoms with E-state index in [0.717, 1.165) is 26.1 Å². The molecule has 1 aliphatic heterocycles. The van der Waals surface area contributed by atoms with E-state index in [1.54, 1.807) is 17.0 Å². The molecule has 98 valence electrons. The molecule has 0 amide bonds. The summed E-state index contributed by atoms with van der Waals surface area (Å²) in [6.07, 6.45) is 6.90. The molecule has 2 N–H and O–H groups in total. The summed E-state index contributed by atoms with van der Waals surface area (Å²) in [5.74, 6) is 1.23. The summed E-state index contributed by atoms with van der Waals surface area (Å²) >= 11 is 0. The van der Waals surface area contributed by atoms with E-state index in [0.29, 0.717) is 11.7 Å². The molecule has 2 fully saturated rings. The number of hydrogen-bond acceptors (Lipinski definition) is 4. The predicted molar refractivity (Wildman–Crippen MR) is 70.6 cm³/mol. The van der Waals surface area contributed by atoms with Gasteiger partial charge in [0.1, 0.15) is 0 Å². The van der Waals surface area contributed by atoms with Gasteiger partial charge in [-0.2, -0.15) is 0 Å². The molecular formula is C13H20N4O. The fourth-order valence-electron chi connectivity index (χ4n) is 2.80. The van der Waals surface area contributed by atoms with Crippen LogP contribution in [0.5, 0.6) is 0 Å². The largest absolute Gasteiger partial charge is 0.348 e. The van der Waals surface area contributed by atoms with Gasteiger partial charge in [0.05, 0.1) is 5.54 Å². The third kappa shape index (κ3) is 1.82. The highest BCUT2D eigenvalue weighted by atomic mass is 16.1. The van der Waals surface area contributed by atoms with Gasteiger partial charge < -0.3 is 15.2 Å². The van der Waals surface area contributed by atoms with Crippen molar-refractivity contribution in [1.29, 1.82) is 0 Å². The number of rotatable bonds is 4. The maximum absolute atomic E-state index is 12.2. The molecule has 3 rings (SSSR count). The highest BCUT2D eigenvalue weighted by Gasteiger charge is 2.51. The fraction of sp³-hybridized carbons (Fsp3) is 0.692. The predicted octanol–water partition coefficient (Wildman–Crippen LogP) is 0.581. The van der Waals surface area contributed by atoms with Gasteiger partial charge in [-0.1, -0.05) is 6.92 Å². The number of nitrogens with zero attached hydrogens (tertiary/aromatic N) is 3. The second-order valence-electron chi connectivity index (χ2n) is 5.61. The second-order valence-corrected chi connectivity index (χ2v) is 5.61. The van der Waals surface area contributed by atoms with Crippen LogP contribution in [-0.2, 0) is 6.54 Å². The third-order valence-corrected chi connectivity index (χ3v) is 4.02. The Labute approximate surface area is 107 Å². The first-order valence-corrected chi connectivity index (χ1v) is 6.73. The molecule has 2 aliphatic rings. The first kappa shape index (κ1) is 11.7. The SMILES string of the molecule is CCCn1ccnc(N2CC(N)(C3CC3)C2)c1=O. The Hall–Kier alpha value is -1.36. The minimum absolute atomic E-state index is 0.0113. The molecular weight excluding hydrogens is 228 g/mol. The van der Waals surface area contributed by atoms with Crippen molar-refractivity contribution < 1.29 is 0 Å². The van der Waals surface area contributed by atoms with E-state index < -0.39 is 0 Å². The third-order valence-electron chi connectivity index (χ3n) is 4.02. The van der Waals surface area contributed by atoms with E-state index in [1.807, 2.05) is 4.90 Å². The quantitative estimate of drug-likeness (QED) is 0.846. The Morgan fingerprint density at radius 1 is 1.50 bits per heavy atom. The molecule has 0 spiro atoms. The van der Waals surface area contributed by atoms with E-state index in [2.05, 4.69) is 11.9 Å². The lowest BCUT2D eigenvalue weighted by Crippen LogP contribution is -2.69. The van der Waals surface area contributed by atoms with Crippen LogP contribution in [0.1, 0.15) is 26.2 Å². The van der Waals surface area contributed by atoms with Crippen LogP contribution in [0.3, 0.4) is 0 Å². The molecule has 0 atom stereocenters. The molecule has 5 nitrogen and oxygen atoms in total. The summed E-state index contributed by atoms with van der Waals surface area (Å²) < 4.78 is 1.73. The van der Waals surface area contributed by atoms with E-state index in [9.17, 15) is 4.79 Å². The van der Waals surface area contributed by atoms with E-state index >= 15 is 0 Å². The van der Waals surface area contributed by atoms with Gasteiger partial charge in [-0.25, -0.2) is 4.98 Å². The number of anilines is 1. The normalized spacial score (nSPS) is 21.8. The van der Waals surface area contributed by atoms with Crippen molar-refractivity contribution in [3.63, 3.8) is 0 Å². The van der Waals surface area contributed by atoms with Gasteiger partial charge in [0.15, 0.2) is 5.82 Å². The second kappa shape index (κ2) is 4.09. The lowest BCUT2D eigenvalue weighted by molar-refractivity contribution is 0.288. The lowest BCUT2D eigenvalue weighted by Gasteiger charge is -2.48. The summed E-state index contributed by atoms with van der Waals surface area (Å²) in [7, 11) is 0. The molecule has 5 heteroatoms. The molecule has 1 saturated heterocycles. The molecule has 1 aliphatic carbocycles. The zero-order chi connectivity index (χ0) is 12.8. The summed E-state index contributed by atoms with van der Waals surface area (Å²) in [6, 6.07) is 0. The standard InChI is InChI=1S/C13H20N4O/c1-2-6-16-7-5-15-11(12(16)18)17-8-13(14,9-17)10-3-4-10/h5,7,10H,2-4,6,8-9,14H2,1H3. The van der Waals surface area contributed by atoms with Crippen molar-refractivity contribution in [2.75, 3.05) is 18.0 Å². The van der Waals surface area contributed by atoms with Crippen LogP contribution in [0, 0.1) is 5.92 Å². The summed E-state index contributed by atoms with van der Waals surface area (Å²) in [4.78, 5) is 18.5. The Balaban J connectivity index is 1.78. The van der Waals surface area contributed by atoms with Crippen LogP contribution < -0.4 is 16.2 Å². The van der Waals surface area contributed by atoms with Gasteiger partial charge in [0, 0.05) is 32.0 Å². The number of aryl methyl sites for hydroxylation is 1. The topological polar surface area (TPSA) is 64.2 Å². The molecule has 2 heterocycles. The average molecular weight is 248 g/mol. The van der Waals surface area contributed by atoms with Crippen molar-refractivity contribution in [1.82, 2.24) is 9.55 Å². The number of nitrogens with two attached hydrogens (primary N) is 1. The van der Waals surface area contributed by atoms with Crippen LogP contribution in [0.2, 0.25) is 0 Å². The van der Waals surface area contributed by atoms with Crippen molar-refractivity contribution >= 4 is 5.82 Å². The van der Waals surface area contributed by atoms with Crippen molar-refractivity contribution in [2.45, 2.75) is 38.3 Å². The first-order valence-electron chi connectivity index (χ1n) is 6.73. The van der Waals surface area contributed by atoms with Gasteiger partial charge in [-0.15, -0.1) is 0 Å². The van der Waals surface area contributed by atoms with Crippen molar-refractivity contribution in [3.8, 4) is 0 Å². The smallest absolute Gasteiger partial charge is 0.293 e. The molecule has 0 aromatic carbocycles. The van der Waals surface area contributed by atoms with E-state index in [1.165, 1.54) is 12.8 Å². The molecule has 1 saturated carbocycles. The van der Waals surface area contributed by atoms with Gasteiger partial charge in [-0.3, -0.25) is 4.79 Å². The van der Waals surface area contributed by atoms with Crippen LogP contribution in [0.15, 0.2) is 17.2 Å². The van der Waals surface area contributed by atoms with Gasteiger partial charge in [-0.05, 0) is 25.2 Å². The Morgan fingerprint density at radius 2 is 2.22 bits per heavy atom. The average Bonchev–Trinajstić information content (AvgIpc) is 3.13. The van der Waals surface area contributed by atoms with Crippen LogP contribution >= 0.6 is 0 Å². The summed E-state index contributed by atoms with van der Waals surface area (Å²) in [5.41, 5.74) is 6.25. The minimum Gasteiger partial charge on any atom is -0.348 e. The van der Waals surface area contributed by atoms with E-state index in [-0.39, 0.29) is 11.1 Å². The van der Waals surface area contributed by atoms with Crippen molar-refractivity contribution in [3.05, 3.63) is 22.7 Å². The maximum atomic E-state index is 12.2. The summed E-state index contributed by atoms with van der Waals surface area (Å²) in [5, 5.41) is 0. The highest BCUT2D eigenvalue weighted by Crippen LogP contribution is 2.43. The minimum atomic E-state index is -0.0699. The molecule has 1 aromatic rings. The van der Waals surface area contributed by atoms with Gasteiger partial charge in [0.25, 0.3) is 5.56 Å². The molecule has 0 unspecified atom stereocenters. The zero-order valence-corrected chi connectivity index (χ0v) is 10.8. The van der Waals surface area contributed by atoms with E-state index in [4.69, 9.17) is 5.73 Å². The molecule has 0 radical (unpaired) electrons. The zero-order valence-electron chi connectivity index (χ0n) is 10.8. The Bertz CT molecular complexity index is 500. The Kier molecular flexibility index (Phi) is 2.66. The summed E-state index contributed by atoms with van der Waals surface area (Å²) in [6.45, 7) is 4.36. The lowest BCUT2D eigenvalue weighted by atomic mass is 9.86.